The van der Waals surface area contributed by atoms with Crippen molar-refractivity contribution in [1.29, 1.82) is 0 Å². The van der Waals surface area contributed by atoms with E-state index in [9.17, 15) is 24.9 Å². The first-order valence-electron chi connectivity index (χ1n) is 8.78. The third kappa shape index (κ3) is 12.3. The Morgan fingerprint density at radius 1 is 1.08 bits per heavy atom. The van der Waals surface area contributed by atoms with Gasteiger partial charge in [-0.15, -0.1) is 0 Å². The number of aliphatic carboxylic acids is 2. The Morgan fingerprint density at radius 3 is 2.16 bits per heavy atom. The van der Waals surface area contributed by atoms with Crippen LogP contribution >= 0.6 is 0 Å². The number of carbonyl (C=O) groups is 2. The van der Waals surface area contributed by atoms with Crippen molar-refractivity contribution in [3.8, 4) is 0 Å². The number of carboxylic acid groups (broad SMARTS) is 2. The molecule has 0 fully saturated rings. The number of aliphatic hydroxyl groups excluding tert-OH is 1. The molecule has 6 nitrogen and oxygen atoms in total. The zero-order valence-corrected chi connectivity index (χ0v) is 19.4. The second-order valence-corrected chi connectivity index (χ2v) is 6.76. The zero-order chi connectivity index (χ0) is 18.6. The van der Waals surface area contributed by atoms with Crippen molar-refractivity contribution in [2.45, 2.75) is 46.5 Å². The van der Waals surface area contributed by atoms with E-state index in [2.05, 4.69) is 6.08 Å². The number of hydrogen-bond acceptors (Lipinski definition) is 4. The van der Waals surface area contributed by atoms with Gasteiger partial charge < -0.3 is 24.6 Å². The van der Waals surface area contributed by atoms with Crippen molar-refractivity contribution in [2.24, 2.45) is 11.8 Å². The van der Waals surface area contributed by atoms with E-state index in [1.807, 2.05) is 13.0 Å². The Kier molecular flexibility index (Phi) is 16.8. The average Bonchev–Trinajstić information content (AvgIpc) is 2.50. The average molecular weight is 383 g/mol. The van der Waals surface area contributed by atoms with E-state index in [0.29, 0.717) is 24.1 Å². The molecule has 7 heteroatoms. The number of allylic oxidation sites excluding steroid dienone is 2. The molecule has 0 aliphatic heterocycles. The van der Waals surface area contributed by atoms with Gasteiger partial charge in [-0.05, 0) is 39.5 Å². The molecule has 0 aromatic carbocycles. The van der Waals surface area contributed by atoms with Gasteiger partial charge in [0.25, 0.3) is 0 Å². The summed E-state index contributed by atoms with van der Waals surface area (Å²) >= 11 is 0. The Hall–Kier alpha value is 0.236. The molecule has 0 rings (SSSR count). The standard InChI is InChI=1S/C18H33NO5.K/c1-4-5-6-7-8-9-10-19(11-12-20,13-15(2)17(21)22)14-16(3)18(23)24;/h4-5,15-16,20H,6-14H2,1-3H3,(H-,21,22,23,24);/q;+1/b5-4+;. The normalized spacial score (nSPS) is 16.0. The first-order valence-corrected chi connectivity index (χ1v) is 8.78. The van der Waals surface area contributed by atoms with Crippen molar-refractivity contribution in [3.05, 3.63) is 12.2 Å². The fraction of sp³-hybridized carbons (Fsp3) is 0.778. The third-order valence-electron chi connectivity index (χ3n) is 4.46. The SMILES string of the molecule is C/C=C/CCCCC[N+](CCO)(CC(C)C(=O)[O-])CC(C)C(=O)O.[K+]. The summed E-state index contributed by atoms with van der Waals surface area (Å²) in [6.07, 6.45) is 8.06. The molecule has 0 aromatic heterocycles. The maximum absolute atomic E-state index is 11.2. The minimum absolute atomic E-state index is 0. The second kappa shape index (κ2) is 15.3. The van der Waals surface area contributed by atoms with Gasteiger partial charge >= 0.3 is 57.4 Å². The van der Waals surface area contributed by atoms with Crippen molar-refractivity contribution < 1.29 is 80.8 Å². The molecule has 25 heavy (non-hydrogen) atoms. The van der Waals surface area contributed by atoms with E-state index in [-0.39, 0.29) is 64.5 Å². The summed E-state index contributed by atoms with van der Waals surface area (Å²) in [5.41, 5.74) is 0. The Labute approximate surface area is 194 Å². The minimum Gasteiger partial charge on any atom is -0.550 e. The van der Waals surface area contributed by atoms with Gasteiger partial charge in [-0.3, -0.25) is 4.79 Å². The van der Waals surface area contributed by atoms with Crippen LogP contribution in [-0.4, -0.2) is 59.4 Å². The minimum atomic E-state index is -1.13. The van der Waals surface area contributed by atoms with Crippen LogP contribution in [-0.2, 0) is 9.59 Å². The summed E-state index contributed by atoms with van der Waals surface area (Å²) in [5.74, 6) is -3.30. The number of carboxylic acids is 2. The Balaban J connectivity index is 0. The van der Waals surface area contributed by atoms with Crippen LogP contribution in [0.2, 0.25) is 0 Å². The molecule has 140 valence electrons. The number of unbranched alkanes of at least 4 members (excludes halogenated alkanes) is 3. The molecular weight excluding hydrogens is 349 g/mol. The summed E-state index contributed by atoms with van der Waals surface area (Å²) in [4.78, 5) is 22.4. The van der Waals surface area contributed by atoms with Gasteiger partial charge in [-0.2, -0.15) is 0 Å². The van der Waals surface area contributed by atoms with Crippen LogP contribution in [0.3, 0.4) is 0 Å². The van der Waals surface area contributed by atoms with Crippen molar-refractivity contribution in [2.75, 3.05) is 32.8 Å². The van der Waals surface area contributed by atoms with Crippen LogP contribution in [0.1, 0.15) is 46.5 Å². The number of hydrogen-bond donors (Lipinski definition) is 2. The van der Waals surface area contributed by atoms with Crippen LogP contribution in [0.15, 0.2) is 12.2 Å². The maximum atomic E-state index is 11.2. The summed E-state index contributed by atoms with van der Waals surface area (Å²) < 4.78 is 0.308. The predicted molar refractivity (Wildman–Crippen MR) is 91.1 cm³/mol. The molecule has 0 saturated carbocycles. The molecule has 0 aliphatic rings. The fourth-order valence-corrected chi connectivity index (χ4v) is 3.13. The quantitative estimate of drug-likeness (QED) is 0.157. The predicted octanol–water partition coefficient (Wildman–Crippen LogP) is -1.96. The Bertz CT molecular complexity index is 392. The Morgan fingerprint density at radius 2 is 1.68 bits per heavy atom. The number of rotatable bonds is 14. The van der Waals surface area contributed by atoms with Gasteiger partial charge in [0, 0.05) is 11.9 Å². The summed E-state index contributed by atoms with van der Waals surface area (Å²) in [7, 11) is 0. The number of aliphatic hydroxyl groups is 1. The van der Waals surface area contributed by atoms with Gasteiger partial charge in [0.05, 0.1) is 26.2 Å². The van der Waals surface area contributed by atoms with E-state index in [0.717, 1.165) is 25.7 Å². The molecule has 0 radical (unpaired) electrons. The monoisotopic (exact) mass is 382 g/mol. The number of carbonyl (C=O) groups excluding carboxylic acids is 1. The zero-order valence-electron chi connectivity index (χ0n) is 16.2. The molecule has 0 bridgehead atoms. The number of quaternary nitrogens is 1. The van der Waals surface area contributed by atoms with Gasteiger partial charge in [0.1, 0.15) is 12.5 Å². The largest absolute Gasteiger partial charge is 1.00 e. The van der Waals surface area contributed by atoms with Crippen LogP contribution < -0.4 is 56.5 Å². The smallest absolute Gasteiger partial charge is 0.550 e. The summed E-state index contributed by atoms with van der Waals surface area (Å²) in [5, 5.41) is 29.8. The van der Waals surface area contributed by atoms with E-state index >= 15 is 0 Å². The molecule has 0 amide bonds. The van der Waals surface area contributed by atoms with E-state index < -0.39 is 23.8 Å². The third-order valence-corrected chi connectivity index (χ3v) is 4.46. The molecule has 0 heterocycles. The van der Waals surface area contributed by atoms with Gasteiger partial charge in [-0.1, -0.05) is 19.1 Å². The molecule has 2 N–H and O–H groups in total. The fourth-order valence-electron chi connectivity index (χ4n) is 3.13. The van der Waals surface area contributed by atoms with Crippen LogP contribution in [0, 0.1) is 11.8 Å². The topological polar surface area (TPSA) is 97.7 Å². The van der Waals surface area contributed by atoms with Crippen LogP contribution in [0.25, 0.3) is 0 Å². The summed E-state index contributed by atoms with van der Waals surface area (Å²) in [6, 6.07) is 0. The van der Waals surface area contributed by atoms with Crippen molar-refractivity contribution in [1.82, 2.24) is 0 Å². The molecule has 3 unspecified atom stereocenters. The first-order chi connectivity index (χ1) is 11.3. The van der Waals surface area contributed by atoms with E-state index in [1.54, 1.807) is 13.8 Å². The maximum Gasteiger partial charge on any atom is 1.00 e. The summed E-state index contributed by atoms with van der Waals surface area (Å²) in [6.45, 7) is 6.75. The molecule has 0 aliphatic carbocycles. The van der Waals surface area contributed by atoms with E-state index in [1.165, 1.54) is 0 Å². The molecule has 0 aromatic rings. The van der Waals surface area contributed by atoms with Crippen LogP contribution in [0.5, 0.6) is 0 Å². The van der Waals surface area contributed by atoms with Gasteiger partial charge in [0.2, 0.25) is 0 Å². The van der Waals surface area contributed by atoms with Gasteiger partial charge in [-0.25, -0.2) is 0 Å². The molecule has 0 spiro atoms. The van der Waals surface area contributed by atoms with E-state index in [4.69, 9.17) is 0 Å². The van der Waals surface area contributed by atoms with Crippen LogP contribution in [0.4, 0.5) is 0 Å². The first kappa shape index (κ1) is 27.5. The molecule has 0 saturated heterocycles. The molecular formula is C18H33KNO5+. The van der Waals surface area contributed by atoms with Gasteiger partial charge in [0.15, 0.2) is 0 Å². The number of nitrogens with zero attached hydrogens (tertiary/aromatic N) is 1. The molecule has 3 atom stereocenters. The van der Waals surface area contributed by atoms with Crippen molar-refractivity contribution >= 4 is 11.9 Å². The second-order valence-electron chi connectivity index (χ2n) is 6.76. The van der Waals surface area contributed by atoms with Crippen molar-refractivity contribution in [3.63, 3.8) is 0 Å².